The summed E-state index contributed by atoms with van der Waals surface area (Å²) in [5, 5.41) is 5.79. The molecule has 3 amide bonds. The zero-order chi connectivity index (χ0) is 17.7. The fourth-order valence-electron chi connectivity index (χ4n) is 2.66. The molecule has 3 unspecified atom stereocenters. The number of anilines is 1. The third-order valence-corrected chi connectivity index (χ3v) is 4.10. The quantitative estimate of drug-likeness (QED) is 0.890. The molecule has 0 aliphatic carbocycles. The molecule has 6 nitrogen and oxygen atoms in total. The lowest BCUT2D eigenvalue weighted by molar-refractivity contribution is -0.0530. The van der Waals surface area contributed by atoms with E-state index in [1.54, 1.807) is 29.2 Å². The first-order valence-electron chi connectivity index (χ1n) is 8.51. The predicted molar refractivity (Wildman–Crippen MR) is 94.3 cm³/mol. The van der Waals surface area contributed by atoms with Crippen LogP contribution in [0.15, 0.2) is 24.3 Å². The number of ether oxygens (including phenoxy) is 1. The van der Waals surface area contributed by atoms with E-state index in [1.807, 2.05) is 27.7 Å². The maximum absolute atomic E-state index is 12.3. The van der Waals surface area contributed by atoms with Crippen molar-refractivity contribution < 1.29 is 14.3 Å². The van der Waals surface area contributed by atoms with Crippen LogP contribution in [0.4, 0.5) is 10.5 Å². The molecule has 0 bridgehead atoms. The lowest BCUT2D eigenvalue weighted by Gasteiger charge is -2.35. The Kier molecular flexibility index (Phi) is 6.20. The summed E-state index contributed by atoms with van der Waals surface area (Å²) in [5.41, 5.74) is 1.26. The van der Waals surface area contributed by atoms with Crippen molar-refractivity contribution in [2.24, 2.45) is 0 Å². The minimum atomic E-state index is -0.145. The number of rotatable bonds is 4. The van der Waals surface area contributed by atoms with Crippen molar-refractivity contribution in [3.63, 3.8) is 0 Å². The Labute approximate surface area is 143 Å². The fourth-order valence-corrected chi connectivity index (χ4v) is 2.66. The number of nitrogens with zero attached hydrogens (tertiary/aromatic N) is 1. The maximum Gasteiger partial charge on any atom is 0.322 e. The Hall–Kier alpha value is -2.08. The van der Waals surface area contributed by atoms with E-state index in [1.165, 1.54) is 0 Å². The molecule has 1 saturated heterocycles. The lowest BCUT2D eigenvalue weighted by Crippen LogP contribution is -2.49. The van der Waals surface area contributed by atoms with Crippen molar-refractivity contribution in [1.82, 2.24) is 10.2 Å². The van der Waals surface area contributed by atoms with Gasteiger partial charge in [0, 0.05) is 30.4 Å². The molecule has 1 fully saturated rings. The Balaban J connectivity index is 1.93. The Morgan fingerprint density at radius 2 is 1.79 bits per heavy atom. The van der Waals surface area contributed by atoms with Crippen molar-refractivity contribution >= 4 is 17.6 Å². The van der Waals surface area contributed by atoms with Crippen LogP contribution in [0.2, 0.25) is 0 Å². The number of morpholine rings is 1. The first kappa shape index (κ1) is 18.3. The van der Waals surface area contributed by atoms with Gasteiger partial charge in [0.25, 0.3) is 5.91 Å². The second kappa shape index (κ2) is 8.15. The van der Waals surface area contributed by atoms with Gasteiger partial charge in [-0.1, -0.05) is 6.92 Å². The normalized spacial score (nSPS) is 21.9. The standard InChI is InChI=1S/C18H27N3O3/c1-5-12(2)19-17(22)15-6-8-16(9-7-15)20-18(23)21-10-13(3)24-14(4)11-21/h6-9,12-14H,5,10-11H2,1-4H3,(H,19,22)(H,20,23). The average Bonchev–Trinajstić information content (AvgIpc) is 2.54. The Morgan fingerprint density at radius 1 is 1.21 bits per heavy atom. The van der Waals surface area contributed by atoms with Crippen LogP contribution in [-0.2, 0) is 4.74 Å². The van der Waals surface area contributed by atoms with E-state index < -0.39 is 0 Å². The van der Waals surface area contributed by atoms with Gasteiger partial charge in [0.2, 0.25) is 0 Å². The van der Waals surface area contributed by atoms with Gasteiger partial charge in [0.1, 0.15) is 0 Å². The van der Waals surface area contributed by atoms with Gasteiger partial charge in [-0.3, -0.25) is 4.79 Å². The summed E-state index contributed by atoms with van der Waals surface area (Å²) in [5.74, 6) is -0.0990. The molecule has 3 atom stereocenters. The molecule has 24 heavy (non-hydrogen) atoms. The Bertz CT molecular complexity index is 563. The van der Waals surface area contributed by atoms with Gasteiger partial charge < -0.3 is 20.3 Å². The largest absolute Gasteiger partial charge is 0.372 e. The molecule has 0 spiro atoms. The number of carbonyl (C=O) groups is 2. The van der Waals surface area contributed by atoms with Crippen LogP contribution in [0.25, 0.3) is 0 Å². The summed E-state index contributed by atoms with van der Waals surface area (Å²) in [7, 11) is 0. The first-order valence-corrected chi connectivity index (χ1v) is 8.51. The second-order valence-electron chi connectivity index (χ2n) is 6.45. The number of benzene rings is 1. The number of hydrogen-bond acceptors (Lipinski definition) is 3. The van der Waals surface area contributed by atoms with Crippen molar-refractivity contribution in [1.29, 1.82) is 0 Å². The summed E-state index contributed by atoms with van der Waals surface area (Å²) in [6, 6.07) is 6.93. The van der Waals surface area contributed by atoms with E-state index in [9.17, 15) is 9.59 Å². The predicted octanol–water partition coefficient (Wildman–Crippen LogP) is 2.86. The van der Waals surface area contributed by atoms with Crippen molar-refractivity contribution in [3.8, 4) is 0 Å². The molecule has 1 heterocycles. The zero-order valence-electron chi connectivity index (χ0n) is 14.8. The van der Waals surface area contributed by atoms with Crippen molar-refractivity contribution in [2.75, 3.05) is 18.4 Å². The van der Waals surface area contributed by atoms with Gasteiger partial charge in [-0.05, 0) is 51.5 Å². The van der Waals surface area contributed by atoms with Crippen LogP contribution in [0.3, 0.4) is 0 Å². The SMILES string of the molecule is CCC(C)NC(=O)c1ccc(NC(=O)N2CC(C)OC(C)C2)cc1. The van der Waals surface area contributed by atoms with Crippen LogP contribution >= 0.6 is 0 Å². The van der Waals surface area contributed by atoms with E-state index in [2.05, 4.69) is 10.6 Å². The number of amides is 3. The summed E-state index contributed by atoms with van der Waals surface area (Å²) < 4.78 is 5.63. The number of urea groups is 1. The highest BCUT2D eigenvalue weighted by molar-refractivity contribution is 5.95. The lowest BCUT2D eigenvalue weighted by atomic mass is 10.1. The zero-order valence-corrected chi connectivity index (χ0v) is 14.8. The maximum atomic E-state index is 12.3. The monoisotopic (exact) mass is 333 g/mol. The smallest absolute Gasteiger partial charge is 0.322 e. The molecule has 1 aromatic rings. The first-order chi connectivity index (χ1) is 11.4. The Morgan fingerprint density at radius 3 is 2.33 bits per heavy atom. The minimum Gasteiger partial charge on any atom is -0.372 e. The highest BCUT2D eigenvalue weighted by Gasteiger charge is 2.25. The van der Waals surface area contributed by atoms with Crippen molar-refractivity contribution in [2.45, 2.75) is 52.4 Å². The van der Waals surface area contributed by atoms with Crippen LogP contribution in [0, 0.1) is 0 Å². The molecule has 1 aromatic carbocycles. The summed E-state index contributed by atoms with van der Waals surface area (Å²) in [4.78, 5) is 26.1. The molecular weight excluding hydrogens is 306 g/mol. The molecular formula is C18H27N3O3. The van der Waals surface area contributed by atoms with E-state index in [0.717, 1.165) is 6.42 Å². The van der Waals surface area contributed by atoms with Crippen LogP contribution in [-0.4, -0.2) is 48.2 Å². The van der Waals surface area contributed by atoms with Crippen LogP contribution in [0.5, 0.6) is 0 Å². The molecule has 2 rings (SSSR count). The minimum absolute atomic E-state index is 0.0335. The third-order valence-electron chi connectivity index (χ3n) is 4.10. The van der Waals surface area contributed by atoms with E-state index in [4.69, 9.17) is 4.74 Å². The third kappa shape index (κ3) is 4.96. The van der Waals surface area contributed by atoms with Gasteiger partial charge in [-0.15, -0.1) is 0 Å². The van der Waals surface area contributed by atoms with E-state index in [-0.39, 0.29) is 30.2 Å². The van der Waals surface area contributed by atoms with E-state index in [0.29, 0.717) is 24.3 Å². The van der Waals surface area contributed by atoms with E-state index >= 15 is 0 Å². The topological polar surface area (TPSA) is 70.7 Å². The van der Waals surface area contributed by atoms with Gasteiger partial charge in [-0.2, -0.15) is 0 Å². The summed E-state index contributed by atoms with van der Waals surface area (Å²) in [6.45, 7) is 9.06. The number of hydrogen-bond donors (Lipinski definition) is 2. The summed E-state index contributed by atoms with van der Waals surface area (Å²) in [6.07, 6.45) is 0.952. The molecule has 6 heteroatoms. The number of carbonyl (C=O) groups excluding carboxylic acids is 2. The van der Waals surface area contributed by atoms with Gasteiger partial charge in [0.15, 0.2) is 0 Å². The van der Waals surface area contributed by atoms with Gasteiger partial charge in [-0.25, -0.2) is 4.79 Å². The molecule has 1 aliphatic rings. The molecule has 2 N–H and O–H groups in total. The molecule has 0 radical (unpaired) electrons. The molecule has 0 saturated carbocycles. The van der Waals surface area contributed by atoms with Crippen LogP contribution in [0.1, 0.15) is 44.5 Å². The molecule has 1 aliphatic heterocycles. The van der Waals surface area contributed by atoms with Gasteiger partial charge >= 0.3 is 6.03 Å². The number of nitrogens with one attached hydrogen (secondary N) is 2. The summed E-state index contributed by atoms with van der Waals surface area (Å²) >= 11 is 0. The van der Waals surface area contributed by atoms with Crippen molar-refractivity contribution in [3.05, 3.63) is 29.8 Å². The highest BCUT2D eigenvalue weighted by atomic mass is 16.5. The van der Waals surface area contributed by atoms with Crippen LogP contribution < -0.4 is 10.6 Å². The second-order valence-corrected chi connectivity index (χ2v) is 6.45. The van der Waals surface area contributed by atoms with Gasteiger partial charge in [0.05, 0.1) is 12.2 Å². The molecule has 0 aromatic heterocycles. The highest BCUT2D eigenvalue weighted by Crippen LogP contribution is 2.14. The molecule has 132 valence electrons. The average molecular weight is 333 g/mol. The fraction of sp³-hybridized carbons (Fsp3) is 0.556.